The molecule has 1 N–H and O–H groups in total. The summed E-state index contributed by atoms with van der Waals surface area (Å²) in [6.07, 6.45) is 3.38. The van der Waals surface area contributed by atoms with Crippen LogP contribution in [-0.2, 0) is 0 Å². The van der Waals surface area contributed by atoms with Crippen LogP contribution in [-0.4, -0.2) is 64.1 Å². The van der Waals surface area contributed by atoms with Gasteiger partial charge in [0.15, 0.2) is 17.3 Å². The van der Waals surface area contributed by atoms with E-state index >= 15 is 4.39 Å². The minimum atomic E-state index is -0.809. The number of aromatic nitrogens is 4. The van der Waals surface area contributed by atoms with Crippen LogP contribution in [0.1, 0.15) is 36.7 Å². The van der Waals surface area contributed by atoms with Crippen LogP contribution in [0.4, 0.5) is 10.1 Å². The molecule has 7 rings (SSSR count). The fraction of sp³-hybridized carbons (Fsp3) is 0.256. The second-order valence-electron chi connectivity index (χ2n) is 12.7. The molecular formula is C39H36ClFN6O5. The van der Waals surface area contributed by atoms with E-state index < -0.39 is 17.2 Å². The van der Waals surface area contributed by atoms with Gasteiger partial charge in [-0.3, -0.25) is 9.59 Å². The number of fused-ring (bicyclic) bond motifs is 2. The summed E-state index contributed by atoms with van der Waals surface area (Å²) in [4.78, 5) is 29.3. The number of halogens is 2. The van der Waals surface area contributed by atoms with Crippen molar-refractivity contribution in [1.29, 1.82) is 0 Å². The van der Waals surface area contributed by atoms with Crippen molar-refractivity contribution in [3.05, 3.63) is 112 Å². The molecule has 13 heteroatoms. The molecule has 0 spiro atoms. The van der Waals surface area contributed by atoms with Crippen molar-refractivity contribution >= 4 is 45.0 Å². The zero-order valence-corrected chi connectivity index (χ0v) is 29.4. The highest BCUT2D eigenvalue weighted by atomic mass is 35.5. The van der Waals surface area contributed by atoms with Gasteiger partial charge >= 0.3 is 0 Å². The van der Waals surface area contributed by atoms with Gasteiger partial charge in [0.1, 0.15) is 11.3 Å². The van der Waals surface area contributed by atoms with Crippen molar-refractivity contribution in [3.8, 4) is 28.8 Å². The first-order chi connectivity index (χ1) is 25.3. The zero-order valence-electron chi connectivity index (χ0n) is 28.6. The van der Waals surface area contributed by atoms with E-state index in [0.717, 1.165) is 38.0 Å². The van der Waals surface area contributed by atoms with Crippen molar-refractivity contribution in [2.45, 2.75) is 26.2 Å². The maximum atomic E-state index is 15.6. The number of anilines is 1. The second kappa shape index (κ2) is 15.3. The van der Waals surface area contributed by atoms with Crippen molar-refractivity contribution < 1.29 is 23.4 Å². The fourth-order valence-corrected chi connectivity index (χ4v) is 6.32. The third-order valence-corrected chi connectivity index (χ3v) is 9.35. The highest BCUT2D eigenvalue weighted by molar-refractivity contribution is 6.30. The average molecular weight is 723 g/mol. The Morgan fingerprint density at radius 2 is 1.77 bits per heavy atom. The van der Waals surface area contributed by atoms with Gasteiger partial charge < -0.3 is 24.4 Å². The molecule has 52 heavy (non-hydrogen) atoms. The molecule has 1 amide bonds. The number of amides is 1. The zero-order chi connectivity index (χ0) is 36.2. The summed E-state index contributed by atoms with van der Waals surface area (Å²) in [5.74, 6) is -0.0735. The lowest BCUT2D eigenvalue weighted by Gasteiger charge is -2.30. The number of ether oxygens (including phenoxy) is 3. The molecule has 4 aromatic carbocycles. The average Bonchev–Trinajstić information content (AvgIpc) is 3.16. The maximum absolute atomic E-state index is 15.6. The molecule has 1 aliphatic rings. The number of para-hydroxylation sites is 1. The van der Waals surface area contributed by atoms with Crippen LogP contribution in [0.5, 0.6) is 23.1 Å². The van der Waals surface area contributed by atoms with Crippen LogP contribution in [0.25, 0.3) is 27.5 Å². The molecular weight excluding hydrogens is 687 g/mol. The Morgan fingerprint density at radius 1 is 0.981 bits per heavy atom. The number of nitrogens with zero attached hydrogens (tertiary/aromatic N) is 5. The Balaban J connectivity index is 1.07. The molecule has 11 nitrogen and oxygen atoms in total. The van der Waals surface area contributed by atoms with E-state index in [4.69, 9.17) is 25.8 Å². The van der Waals surface area contributed by atoms with Crippen LogP contribution in [0.15, 0.2) is 89.7 Å². The quantitative estimate of drug-likeness (QED) is 0.134. The summed E-state index contributed by atoms with van der Waals surface area (Å²) in [6, 6.07) is 22.9. The Bertz CT molecular complexity index is 2310. The number of hydrogen-bond donors (Lipinski definition) is 1. The minimum absolute atomic E-state index is 0.0631. The number of carbonyl (C=O) groups is 1. The SMILES string of the molecule is COc1nnc2cc(OCCCN3CCC(C)CC3)ccc2c1Oc1ccc(NC(=O)c2nn(-c3ccc(Cl)cc3)c3ccccc3c2=O)cc1F. The molecule has 0 bridgehead atoms. The summed E-state index contributed by atoms with van der Waals surface area (Å²) in [7, 11) is 1.42. The van der Waals surface area contributed by atoms with Gasteiger partial charge in [-0.05, 0) is 98.9 Å². The molecule has 0 saturated carbocycles. The van der Waals surface area contributed by atoms with Crippen LogP contribution in [0, 0.1) is 11.7 Å². The van der Waals surface area contributed by atoms with Gasteiger partial charge in [0.05, 0.1) is 35.7 Å². The first-order valence-electron chi connectivity index (χ1n) is 17.0. The molecule has 1 saturated heterocycles. The van der Waals surface area contributed by atoms with E-state index in [0.29, 0.717) is 44.9 Å². The lowest BCUT2D eigenvalue weighted by Crippen LogP contribution is -2.34. The van der Waals surface area contributed by atoms with E-state index in [1.807, 2.05) is 0 Å². The summed E-state index contributed by atoms with van der Waals surface area (Å²) in [5.41, 5.74) is 0.738. The summed E-state index contributed by atoms with van der Waals surface area (Å²) < 4.78 is 34.5. The highest BCUT2D eigenvalue weighted by Gasteiger charge is 2.21. The van der Waals surface area contributed by atoms with Crippen molar-refractivity contribution in [3.63, 3.8) is 0 Å². The molecule has 2 aromatic heterocycles. The number of likely N-dealkylation sites (tertiary alicyclic amines) is 1. The van der Waals surface area contributed by atoms with Crippen molar-refractivity contribution in [2.75, 3.05) is 38.7 Å². The summed E-state index contributed by atoms with van der Waals surface area (Å²) in [6.45, 7) is 6.12. The lowest BCUT2D eigenvalue weighted by atomic mass is 9.99. The first-order valence-corrected chi connectivity index (χ1v) is 17.4. The van der Waals surface area contributed by atoms with Crippen LogP contribution >= 0.6 is 11.6 Å². The number of methoxy groups -OCH3 is 1. The molecule has 0 radical (unpaired) electrons. The van der Waals surface area contributed by atoms with E-state index in [1.165, 1.54) is 36.8 Å². The monoisotopic (exact) mass is 722 g/mol. The topological polar surface area (TPSA) is 121 Å². The van der Waals surface area contributed by atoms with Crippen LogP contribution < -0.4 is 25.0 Å². The smallest absolute Gasteiger partial charge is 0.280 e. The van der Waals surface area contributed by atoms with E-state index in [1.54, 1.807) is 66.7 Å². The summed E-state index contributed by atoms with van der Waals surface area (Å²) in [5, 5.41) is 16.7. The Morgan fingerprint density at radius 3 is 2.54 bits per heavy atom. The van der Waals surface area contributed by atoms with Gasteiger partial charge in [-0.15, -0.1) is 10.2 Å². The van der Waals surface area contributed by atoms with E-state index in [2.05, 4.69) is 32.4 Å². The number of piperidine rings is 1. The number of nitrogens with one attached hydrogen (secondary N) is 1. The van der Waals surface area contributed by atoms with Gasteiger partial charge in [-0.1, -0.05) is 30.7 Å². The molecule has 266 valence electrons. The second-order valence-corrected chi connectivity index (χ2v) is 13.2. The molecule has 0 aliphatic carbocycles. The molecule has 1 fully saturated rings. The van der Waals surface area contributed by atoms with Gasteiger partial charge in [0.25, 0.3) is 11.8 Å². The number of rotatable bonds is 11. The number of benzene rings is 4. The van der Waals surface area contributed by atoms with Crippen LogP contribution in [0.2, 0.25) is 5.02 Å². The predicted octanol–water partition coefficient (Wildman–Crippen LogP) is 7.68. The standard InChI is InChI=1S/C39H36ClFN6O5/c1-24-16-19-46(20-17-24)18-5-21-51-28-13-14-29-32(23-28)43-44-39(50-2)37(29)52-34-15-10-26(22-31(34)41)42-38(49)35-36(48)30-6-3-4-7-33(30)47(45-35)27-11-8-25(40)9-12-27/h3-4,6-15,22-24H,5,16-21H2,1-2H3,(H,42,49). The Labute approximate surface area is 303 Å². The Kier molecular flexibility index (Phi) is 10.3. The van der Waals surface area contributed by atoms with E-state index in [-0.39, 0.29) is 28.8 Å². The normalized spacial score (nSPS) is 13.7. The summed E-state index contributed by atoms with van der Waals surface area (Å²) >= 11 is 6.07. The molecule has 0 unspecified atom stereocenters. The highest BCUT2D eigenvalue weighted by Crippen LogP contribution is 2.38. The minimum Gasteiger partial charge on any atom is -0.493 e. The lowest BCUT2D eigenvalue weighted by molar-refractivity contribution is 0.102. The molecule has 3 heterocycles. The Hall–Kier alpha value is -5.59. The van der Waals surface area contributed by atoms with Crippen molar-refractivity contribution in [1.82, 2.24) is 24.9 Å². The first kappa shape index (κ1) is 34.8. The van der Waals surface area contributed by atoms with Gasteiger partial charge in [0.2, 0.25) is 11.2 Å². The van der Waals surface area contributed by atoms with Gasteiger partial charge in [-0.2, -0.15) is 5.10 Å². The van der Waals surface area contributed by atoms with E-state index in [9.17, 15) is 9.59 Å². The maximum Gasteiger partial charge on any atom is 0.280 e. The van der Waals surface area contributed by atoms with Crippen LogP contribution in [0.3, 0.4) is 0 Å². The van der Waals surface area contributed by atoms with Gasteiger partial charge in [0, 0.05) is 29.4 Å². The number of hydrogen-bond acceptors (Lipinski definition) is 9. The third-order valence-electron chi connectivity index (χ3n) is 9.09. The molecule has 0 atom stereocenters. The third kappa shape index (κ3) is 7.53. The fourth-order valence-electron chi connectivity index (χ4n) is 6.20. The molecule has 6 aromatic rings. The van der Waals surface area contributed by atoms with Crippen molar-refractivity contribution in [2.24, 2.45) is 5.92 Å². The largest absolute Gasteiger partial charge is 0.493 e. The number of carbonyl (C=O) groups excluding carboxylic acids is 1. The van der Waals surface area contributed by atoms with Gasteiger partial charge in [-0.25, -0.2) is 9.07 Å². The predicted molar refractivity (Wildman–Crippen MR) is 198 cm³/mol. The molecule has 1 aliphatic heterocycles.